The molecule has 1 heterocycles. The van der Waals surface area contributed by atoms with Gasteiger partial charge in [0.1, 0.15) is 5.58 Å². The standard InChI is InChI=1S/C23H19NO2S/c1-27-15-19-18-12-6-8-14-21(18)26-22(19)23(25)24-20-13-7-5-11-17(20)16-9-3-2-4-10-16/h2-14H,15H2,1H3,(H,24,25). The highest BCUT2D eigenvalue weighted by atomic mass is 32.2. The van der Waals surface area contributed by atoms with Crippen LogP contribution < -0.4 is 5.32 Å². The second-order valence-electron chi connectivity index (χ2n) is 6.20. The van der Waals surface area contributed by atoms with Gasteiger partial charge in [-0.1, -0.05) is 66.7 Å². The summed E-state index contributed by atoms with van der Waals surface area (Å²) in [6, 6.07) is 25.6. The first-order chi connectivity index (χ1) is 13.3. The maximum Gasteiger partial charge on any atom is 0.291 e. The van der Waals surface area contributed by atoms with Gasteiger partial charge < -0.3 is 9.73 Å². The van der Waals surface area contributed by atoms with Crippen LogP contribution in [0.15, 0.2) is 83.3 Å². The quantitative estimate of drug-likeness (QED) is 0.452. The minimum atomic E-state index is -0.223. The first-order valence-electron chi connectivity index (χ1n) is 8.73. The molecule has 4 heteroatoms. The van der Waals surface area contributed by atoms with E-state index in [9.17, 15) is 4.79 Å². The molecule has 0 atom stereocenters. The van der Waals surface area contributed by atoms with Gasteiger partial charge in [0, 0.05) is 28.0 Å². The summed E-state index contributed by atoms with van der Waals surface area (Å²) < 4.78 is 5.91. The highest BCUT2D eigenvalue weighted by Crippen LogP contribution is 2.31. The Labute approximate surface area is 162 Å². The number of anilines is 1. The van der Waals surface area contributed by atoms with Crippen LogP contribution in [0.25, 0.3) is 22.1 Å². The van der Waals surface area contributed by atoms with Crippen molar-refractivity contribution in [3.05, 3.63) is 90.2 Å². The molecule has 0 saturated heterocycles. The summed E-state index contributed by atoms with van der Waals surface area (Å²) in [6.45, 7) is 0. The average Bonchev–Trinajstić information content (AvgIpc) is 3.08. The van der Waals surface area contributed by atoms with Crippen LogP contribution in [-0.2, 0) is 5.75 Å². The van der Waals surface area contributed by atoms with E-state index in [0.29, 0.717) is 5.76 Å². The van der Waals surface area contributed by atoms with Crippen LogP contribution in [0.3, 0.4) is 0 Å². The number of fused-ring (bicyclic) bond motifs is 1. The maximum absolute atomic E-state index is 13.0. The highest BCUT2D eigenvalue weighted by molar-refractivity contribution is 7.97. The van der Waals surface area contributed by atoms with E-state index in [1.165, 1.54) is 0 Å². The predicted molar refractivity (Wildman–Crippen MR) is 113 cm³/mol. The fourth-order valence-electron chi connectivity index (χ4n) is 3.21. The summed E-state index contributed by atoms with van der Waals surface area (Å²) in [4.78, 5) is 13.0. The molecule has 4 rings (SSSR count). The number of thioether (sulfide) groups is 1. The Morgan fingerprint density at radius 3 is 2.44 bits per heavy atom. The lowest BCUT2D eigenvalue weighted by Crippen LogP contribution is -2.13. The van der Waals surface area contributed by atoms with Crippen LogP contribution in [0.5, 0.6) is 0 Å². The third kappa shape index (κ3) is 3.49. The first-order valence-corrected chi connectivity index (χ1v) is 10.1. The van der Waals surface area contributed by atoms with Crippen LogP contribution in [-0.4, -0.2) is 12.2 Å². The van der Waals surface area contributed by atoms with Crippen molar-refractivity contribution in [2.24, 2.45) is 0 Å². The zero-order valence-corrected chi connectivity index (χ0v) is 15.8. The SMILES string of the molecule is CSCc1c(C(=O)Nc2ccccc2-c2ccccc2)oc2ccccc12. The van der Waals surface area contributed by atoms with Crippen LogP contribution in [0.2, 0.25) is 0 Å². The number of carbonyl (C=O) groups excluding carboxylic acids is 1. The van der Waals surface area contributed by atoms with Gasteiger partial charge >= 0.3 is 0 Å². The summed E-state index contributed by atoms with van der Waals surface area (Å²) in [6.07, 6.45) is 2.02. The molecule has 1 N–H and O–H groups in total. The Morgan fingerprint density at radius 2 is 1.63 bits per heavy atom. The highest BCUT2D eigenvalue weighted by Gasteiger charge is 2.21. The molecule has 0 aliphatic heterocycles. The van der Waals surface area contributed by atoms with Gasteiger partial charge in [-0.05, 0) is 24.0 Å². The molecule has 0 unspecified atom stereocenters. The van der Waals surface area contributed by atoms with E-state index >= 15 is 0 Å². The summed E-state index contributed by atoms with van der Waals surface area (Å²) in [7, 11) is 0. The monoisotopic (exact) mass is 373 g/mol. The van der Waals surface area contributed by atoms with Crippen molar-refractivity contribution >= 4 is 34.3 Å². The molecule has 27 heavy (non-hydrogen) atoms. The molecule has 3 aromatic carbocycles. The molecule has 4 aromatic rings. The maximum atomic E-state index is 13.0. The van der Waals surface area contributed by atoms with Crippen molar-refractivity contribution in [3.8, 4) is 11.1 Å². The lowest BCUT2D eigenvalue weighted by Gasteiger charge is -2.11. The lowest BCUT2D eigenvalue weighted by atomic mass is 10.0. The normalized spacial score (nSPS) is 10.9. The van der Waals surface area contributed by atoms with E-state index in [0.717, 1.165) is 39.1 Å². The molecule has 0 bridgehead atoms. The molecule has 3 nitrogen and oxygen atoms in total. The van der Waals surface area contributed by atoms with E-state index in [1.807, 2.05) is 85.1 Å². The Morgan fingerprint density at radius 1 is 0.926 bits per heavy atom. The Balaban J connectivity index is 1.72. The van der Waals surface area contributed by atoms with Crippen LogP contribution in [0.4, 0.5) is 5.69 Å². The summed E-state index contributed by atoms with van der Waals surface area (Å²) in [5, 5.41) is 4.04. The molecule has 0 radical (unpaired) electrons. The Kier molecular flexibility index (Phi) is 4.99. The topological polar surface area (TPSA) is 42.2 Å². The number of furan rings is 1. The molecule has 0 aliphatic rings. The lowest BCUT2D eigenvalue weighted by molar-refractivity contribution is 0.0998. The fourth-order valence-corrected chi connectivity index (χ4v) is 3.79. The van der Waals surface area contributed by atoms with E-state index < -0.39 is 0 Å². The number of hydrogen-bond acceptors (Lipinski definition) is 3. The van der Waals surface area contributed by atoms with Gasteiger partial charge in [0.15, 0.2) is 5.76 Å². The van der Waals surface area contributed by atoms with Crippen molar-refractivity contribution in [1.82, 2.24) is 0 Å². The number of benzene rings is 3. The minimum Gasteiger partial charge on any atom is -0.451 e. The van der Waals surface area contributed by atoms with E-state index in [1.54, 1.807) is 11.8 Å². The van der Waals surface area contributed by atoms with Gasteiger partial charge in [-0.15, -0.1) is 0 Å². The van der Waals surface area contributed by atoms with Crippen LogP contribution in [0.1, 0.15) is 16.1 Å². The molecule has 1 aromatic heterocycles. The third-order valence-corrected chi connectivity index (χ3v) is 5.03. The number of para-hydroxylation sites is 2. The van der Waals surface area contributed by atoms with E-state index in [2.05, 4.69) is 5.32 Å². The van der Waals surface area contributed by atoms with Crippen LogP contribution in [0, 0.1) is 0 Å². The summed E-state index contributed by atoms with van der Waals surface area (Å²) in [5.74, 6) is 0.882. The summed E-state index contributed by atoms with van der Waals surface area (Å²) in [5.41, 5.74) is 4.48. The van der Waals surface area contributed by atoms with Crippen LogP contribution >= 0.6 is 11.8 Å². The van der Waals surface area contributed by atoms with Crippen molar-refractivity contribution < 1.29 is 9.21 Å². The van der Waals surface area contributed by atoms with Gasteiger partial charge in [0.25, 0.3) is 5.91 Å². The van der Waals surface area contributed by atoms with Gasteiger partial charge in [0.2, 0.25) is 0 Å². The largest absolute Gasteiger partial charge is 0.451 e. The number of amides is 1. The fraction of sp³-hybridized carbons (Fsp3) is 0.0870. The zero-order chi connectivity index (χ0) is 18.6. The molecule has 0 aliphatic carbocycles. The van der Waals surface area contributed by atoms with Crippen molar-refractivity contribution in [1.29, 1.82) is 0 Å². The average molecular weight is 373 g/mol. The Hall–Kier alpha value is -2.98. The first kappa shape index (κ1) is 17.4. The van der Waals surface area contributed by atoms with Crippen molar-refractivity contribution in [2.75, 3.05) is 11.6 Å². The van der Waals surface area contributed by atoms with E-state index in [-0.39, 0.29) is 5.91 Å². The smallest absolute Gasteiger partial charge is 0.291 e. The summed E-state index contributed by atoms with van der Waals surface area (Å²) >= 11 is 1.67. The van der Waals surface area contributed by atoms with Gasteiger partial charge in [-0.3, -0.25) is 4.79 Å². The van der Waals surface area contributed by atoms with E-state index in [4.69, 9.17) is 4.42 Å². The van der Waals surface area contributed by atoms with Gasteiger partial charge in [0.05, 0.1) is 0 Å². The molecule has 0 saturated carbocycles. The number of carbonyl (C=O) groups is 1. The minimum absolute atomic E-state index is 0.223. The zero-order valence-electron chi connectivity index (χ0n) is 14.9. The molecular formula is C23H19NO2S. The molecule has 1 amide bonds. The second kappa shape index (κ2) is 7.72. The molecule has 0 spiro atoms. The molecular weight excluding hydrogens is 354 g/mol. The predicted octanol–water partition coefficient (Wildman–Crippen LogP) is 6.22. The number of nitrogens with one attached hydrogen (secondary N) is 1. The van der Waals surface area contributed by atoms with Gasteiger partial charge in [-0.2, -0.15) is 11.8 Å². The Bertz CT molecular complexity index is 1090. The third-order valence-electron chi connectivity index (χ3n) is 4.45. The molecule has 134 valence electrons. The van der Waals surface area contributed by atoms with Crippen molar-refractivity contribution in [3.63, 3.8) is 0 Å². The molecule has 0 fully saturated rings. The number of rotatable bonds is 5. The number of hydrogen-bond donors (Lipinski definition) is 1. The van der Waals surface area contributed by atoms with Gasteiger partial charge in [-0.25, -0.2) is 0 Å². The second-order valence-corrected chi connectivity index (χ2v) is 7.07. The van der Waals surface area contributed by atoms with Crippen molar-refractivity contribution in [2.45, 2.75) is 5.75 Å².